The van der Waals surface area contributed by atoms with Gasteiger partial charge in [-0.2, -0.15) is 0 Å². The van der Waals surface area contributed by atoms with E-state index >= 15 is 0 Å². The van der Waals surface area contributed by atoms with Crippen molar-refractivity contribution in [3.05, 3.63) is 0 Å². The van der Waals surface area contributed by atoms with E-state index in [9.17, 15) is 4.79 Å². The average Bonchev–Trinajstić information content (AvgIpc) is 2.12. The summed E-state index contributed by atoms with van der Waals surface area (Å²) in [7, 11) is 0. The Labute approximate surface area is 87.5 Å². The molecule has 0 fully saturated rings. The van der Waals surface area contributed by atoms with E-state index in [2.05, 4.69) is 18.2 Å². The van der Waals surface area contributed by atoms with E-state index in [-0.39, 0.29) is 5.91 Å². The molecule has 0 aliphatic heterocycles. The van der Waals surface area contributed by atoms with Gasteiger partial charge in [0.15, 0.2) is 0 Å². The van der Waals surface area contributed by atoms with Gasteiger partial charge in [0, 0.05) is 6.42 Å². The summed E-state index contributed by atoms with van der Waals surface area (Å²) < 4.78 is 0. The van der Waals surface area contributed by atoms with Crippen molar-refractivity contribution < 1.29 is 4.79 Å². The fourth-order valence-electron chi connectivity index (χ4n) is 1.16. The summed E-state index contributed by atoms with van der Waals surface area (Å²) in [6.07, 6.45) is 10.3. The van der Waals surface area contributed by atoms with E-state index in [0.29, 0.717) is 6.42 Å². The average molecular weight is 195 g/mol. The molecule has 0 aromatic heterocycles. The summed E-state index contributed by atoms with van der Waals surface area (Å²) >= 11 is 0. The molecule has 80 valence electrons. The molecule has 0 heterocycles. The van der Waals surface area contributed by atoms with Crippen LogP contribution in [0.4, 0.5) is 0 Å². The van der Waals surface area contributed by atoms with Crippen LogP contribution in [0.5, 0.6) is 0 Å². The predicted molar refractivity (Wildman–Crippen MR) is 59.8 cm³/mol. The number of amides is 1. The first kappa shape index (κ1) is 13.0. The molecule has 1 amide bonds. The highest BCUT2D eigenvalue weighted by molar-refractivity contribution is 5.77. The van der Waals surface area contributed by atoms with Crippen LogP contribution in [0.25, 0.3) is 0 Å². The lowest BCUT2D eigenvalue weighted by Gasteiger charge is -2.19. The van der Waals surface area contributed by atoms with Gasteiger partial charge in [0.05, 0.1) is 5.54 Å². The van der Waals surface area contributed by atoms with E-state index in [1.165, 1.54) is 12.8 Å². The van der Waals surface area contributed by atoms with Gasteiger partial charge in [-0.1, -0.05) is 32.1 Å². The van der Waals surface area contributed by atoms with Gasteiger partial charge in [-0.25, -0.2) is 0 Å². The molecule has 14 heavy (non-hydrogen) atoms. The van der Waals surface area contributed by atoms with Crippen molar-refractivity contribution in [2.24, 2.45) is 0 Å². The number of hydrogen-bond donors (Lipinski definition) is 1. The standard InChI is InChI=1S/C12H21NO/c1-5-7-8-9-10-11(14)13-12(3,4)6-2/h2H,5,7-10H2,1,3-4H3,(H,13,14). The van der Waals surface area contributed by atoms with E-state index in [1.54, 1.807) is 0 Å². The van der Waals surface area contributed by atoms with Gasteiger partial charge in [-0.15, -0.1) is 6.42 Å². The smallest absolute Gasteiger partial charge is 0.221 e. The molecule has 0 radical (unpaired) electrons. The molecule has 0 bridgehead atoms. The van der Waals surface area contributed by atoms with E-state index in [0.717, 1.165) is 12.8 Å². The van der Waals surface area contributed by atoms with E-state index in [1.807, 2.05) is 13.8 Å². The molecular weight excluding hydrogens is 174 g/mol. The summed E-state index contributed by atoms with van der Waals surface area (Å²) in [6, 6.07) is 0. The Morgan fingerprint density at radius 1 is 1.36 bits per heavy atom. The minimum Gasteiger partial charge on any atom is -0.340 e. The summed E-state index contributed by atoms with van der Waals surface area (Å²) in [5.74, 6) is 2.60. The monoisotopic (exact) mass is 195 g/mol. The summed E-state index contributed by atoms with van der Waals surface area (Å²) in [6.45, 7) is 5.81. The Bertz CT molecular complexity index is 213. The largest absolute Gasteiger partial charge is 0.340 e. The maximum Gasteiger partial charge on any atom is 0.221 e. The summed E-state index contributed by atoms with van der Waals surface area (Å²) in [4.78, 5) is 11.4. The zero-order chi connectivity index (χ0) is 11.0. The quantitative estimate of drug-likeness (QED) is 0.512. The van der Waals surface area contributed by atoms with Crippen LogP contribution in [0.15, 0.2) is 0 Å². The van der Waals surface area contributed by atoms with Crippen molar-refractivity contribution in [3.8, 4) is 12.3 Å². The van der Waals surface area contributed by atoms with Crippen LogP contribution in [0.1, 0.15) is 52.9 Å². The van der Waals surface area contributed by atoms with Crippen LogP contribution in [-0.4, -0.2) is 11.4 Å². The summed E-state index contributed by atoms with van der Waals surface area (Å²) in [5.41, 5.74) is -0.512. The Balaban J connectivity index is 3.62. The number of unbranched alkanes of at least 4 members (excludes halogenated alkanes) is 3. The number of nitrogens with one attached hydrogen (secondary N) is 1. The molecule has 0 spiro atoms. The first-order valence-corrected chi connectivity index (χ1v) is 5.30. The molecule has 0 aliphatic rings. The molecule has 0 unspecified atom stereocenters. The SMILES string of the molecule is C#CC(C)(C)NC(=O)CCCCCC. The molecule has 0 saturated carbocycles. The Morgan fingerprint density at radius 2 is 2.00 bits per heavy atom. The first-order chi connectivity index (χ1) is 6.52. The molecule has 0 aliphatic carbocycles. The minimum atomic E-state index is -0.512. The predicted octanol–water partition coefficient (Wildman–Crippen LogP) is 2.48. The van der Waals surface area contributed by atoms with Crippen molar-refractivity contribution in [2.45, 2.75) is 58.4 Å². The van der Waals surface area contributed by atoms with Crippen molar-refractivity contribution >= 4 is 5.91 Å². The molecular formula is C12H21NO. The zero-order valence-corrected chi connectivity index (χ0v) is 9.52. The molecule has 0 aromatic carbocycles. The zero-order valence-electron chi connectivity index (χ0n) is 9.52. The molecule has 2 heteroatoms. The molecule has 2 nitrogen and oxygen atoms in total. The molecule has 1 N–H and O–H groups in total. The Kier molecular flexibility index (Phi) is 6.03. The lowest BCUT2D eigenvalue weighted by Crippen LogP contribution is -2.41. The van der Waals surface area contributed by atoms with Gasteiger partial charge in [0.25, 0.3) is 0 Å². The second-order valence-corrected chi connectivity index (χ2v) is 4.13. The van der Waals surface area contributed by atoms with E-state index < -0.39 is 5.54 Å². The van der Waals surface area contributed by atoms with Gasteiger partial charge in [0.1, 0.15) is 0 Å². The van der Waals surface area contributed by atoms with Crippen LogP contribution in [0.2, 0.25) is 0 Å². The van der Waals surface area contributed by atoms with Crippen molar-refractivity contribution in [1.29, 1.82) is 0 Å². The van der Waals surface area contributed by atoms with Crippen LogP contribution in [-0.2, 0) is 4.79 Å². The van der Waals surface area contributed by atoms with Gasteiger partial charge in [-0.3, -0.25) is 4.79 Å². The lowest BCUT2D eigenvalue weighted by atomic mass is 10.1. The molecule has 0 rings (SSSR count). The van der Waals surface area contributed by atoms with Crippen molar-refractivity contribution in [3.63, 3.8) is 0 Å². The minimum absolute atomic E-state index is 0.0593. The molecule has 0 atom stereocenters. The third kappa shape index (κ3) is 6.54. The first-order valence-electron chi connectivity index (χ1n) is 5.30. The number of rotatable bonds is 6. The van der Waals surface area contributed by atoms with Gasteiger partial charge in [-0.05, 0) is 20.3 Å². The number of carbonyl (C=O) groups excluding carboxylic acids is 1. The highest BCUT2D eigenvalue weighted by Gasteiger charge is 2.15. The third-order valence-electron chi connectivity index (χ3n) is 2.07. The van der Waals surface area contributed by atoms with Crippen LogP contribution in [0.3, 0.4) is 0 Å². The normalized spacial score (nSPS) is 10.7. The van der Waals surface area contributed by atoms with E-state index in [4.69, 9.17) is 6.42 Å². The fraction of sp³-hybridized carbons (Fsp3) is 0.750. The van der Waals surface area contributed by atoms with Gasteiger partial charge in [0.2, 0.25) is 5.91 Å². The maximum absolute atomic E-state index is 11.4. The van der Waals surface area contributed by atoms with Gasteiger partial charge >= 0.3 is 0 Å². The highest BCUT2D eigenvalue weighted by atomic mass is 16.1. The number of hydrogen-bond acceptors (Lipinski definition) is 1. The maximum atomic E-state index is 11.4. The lowest BCUT2D eigenvalue weighted by molar-refractivity contribution is -0.122. The Morgan fingerprint density at radius 3 is 2.50 bits per heavy atom. The Hall–Kier alpha value is -0.970. The van der Waals surface area contributed by atoms with Crippen LogP contribution >= 0.6 is 0 Å². The second kappa shape index (κ2) is 6.48. The van der Waals surface area contributed by atoms with Crippen LogP contribution in [0, 0.1) is 12.3 Å². The van der Waals surface area contributed by atoms with Gasteiger partial charge < -0.3 is 5.32 Å². The topological polar surface area (TPSA) is 29.1 Å². The number of carbonyl (C=O) groups is 1. The fourth-order valence-corrected chi connectivity index (χ4v) is 1.16. The highest BCUT2D eigenvalue weighted by Crippen LogP contribution is 2.04. The second-order valence-electron chi connectivity index (χ2n) is 4.13. The molecule has 0 saturated heterocycles. The van der Waals surface area contributed by atoms with Crippen molar-refractivity contribution in [2.75, 3.05) is 0 Å². The summed E-state index contributed by atoms with van der Waals surface area (Å²) in [5, 5.41) is 2.81. The third-order valence-corrected chi connectivity index (χ3v) is 2.07. The number of terminal acetylenes is 1. The van der Waals surface area contributed by atoms with Crippen LogP contribution < -0.4 is 5.32 Å². The molecule has 0 aromatic rings. The van der Waals surface area contributed by atoms with Crippen molar-refractivity contribution in [1.82, 2.24) is 5.32 Å².